The number of anilines is 1. The highest BCUT2D eigenvalue weighted by Gasteiger charge is 2.42. The first-order valence-corrected chi connectivity index (χ1v) is 11.6. The lowest BCUT2D eigenvalue weighted by molar-refractivity contribution is -0.120. The van der Waals surface area contributed by atoms with Gasteiger partial charge in [0.25, 0.3) is 11.8 Å². The Balaban J connectivity index is 1.48. The first-order chi connectivity index (χ1) is 16.8. The molecule has 4 aromatic rings. The van der Waals surface area contributed by atoms with Gasteiger partial charge in [-0.05, 0) is 54.8 Å². The minimum absolute atomic E-state index is 0.0621. The van der Waals surface area contributed by atoms with Gasteiger partial charge in [-0.25, -0.2) is 4.98 Å². The average molecular weight is 488 g/mol. The van der Waals surface area contributed by atoms with Crippen molar-refractivity contribution in [3.05, 3.63) is 82.9 Å². The number of hydrogen-bond acceptors (Lipinski definition) is 5. The normalized spacial score (nSPS) is 14.0. The molecule has 0 saturated heterocycles. The van der Waals surface area contributed by atoms with Crippen LogP contribution >= 0.6 is 11.6 Å². The molecule has 35 heavy (non-hydrogen) atoms. The summed E-state index contributed by atoms with van der Waals surface area (Å²) in [6, 6.07) is 17.9. The Morgan fingerprint density at radius 3 is 2.26 bits per heavy atom. The van der Waals surface area contributed by atoms with Gasteiger partial charge in [0.15, 0.2) is 5.58 Å². The number of amides is 3. The second-order valence-electron chi connectivity index (χ2n) is 8.84. The molecule has 1 aliphatic rings. The first kappa shape index (κ1) is 22.8. The lowest BCUT2D eigenvalue weighted by Gasteiger charge is -2.27. The lowest BCUT2D eigenvalue weighted by Crippen LogP contribution is -2.48. The van der Waals surface area contributed by atoms with Crippen LogP contribution in [0.2, 0.25) is 5.02 Å². The zero-order valence-electron chi connectivity index (χ0n) is 19.1. The molecule has 1 N–H and O–H groups in total. The molecule has 3 amide bonds. The third-order valence-corrected chi connectivity index (χ3v) is 6.13. The van der Waals surface area contributed by atoms with E-state index in [9.17, 15) is 14.4 Å². The molecule has 0 aliphatic carbocycles. The summed E-state index contributed by atoms with van der Waals surface area (Å²) in [6.07, 6.45) is 0.320. The molecule has 0 spiro atoms. The molecule has 8 heteroatoms. The summed E-state index contributed by atoms with van der Waals surface area (Å²) in [5.41, 5.74) is 2.81. The fourth-order valence-electron chi connectivity index (χ4n) is 4.28. The minimum atomic E-state index is -0.974. The van der Waals surface area contributed by atoms with Gasteiger partial charge in [-0.15, -0.1) is 0 Å². The minimum Gasteiger partial charge on any atom is -0.436 e. The zero-order chi connectivity index (χ0) is 24.7. The molecule has 0 bridgehead atoms. The standard InChI is InChI=1S/C27H22ClN3O4/c1-15(2)13-22(31-26(33)17-7-3-4-8-18(17)27(31)34)24(32)29-20-10-6-5-9-19(20)25-30-21-14-16(28)11-12-23(21)35-25/h3-12,14-15,22H,13H2,1-2H3,(H,29,32). The van der Waals surface area contributed by atoms with Gasteiger partial charge in [-0.1, -0.05) is 49.7 Å². The number of imide groups is 1. The van der Waals surface area contributed by atoms with E-state index in [0.29, 0.717) is 50.8 Å². The Kier molecular flexibility index (Phi) is 5.86. The van der Waals surface area contributed by atoms with Crippen LogP contribution in [0.15, 0.2) is 71.1 Å². The molecule has 1 aromatic heterocycles. The predicted molar refractivity (Wildman–Crippen MR) is 133 cm³/mol. The van der Waals surface area contributed by atoms with Crippen molar-refractivity contribution in [1.82, 2.24) is 9.88 Å². The van der Waals surface area contributed by atoms with Crippen LogP contribution in [0.4, 0.5) is 5.69 Å². The van der Waals surface area contributed by atoms with Crippen molar-refractivity contribution >= 4 is 46.1 Å². The molecule has 0 saturated carbocycles. The SMILES string of the molecule is CC(C)CC(C(=O)Nc1ccccc1-c1nc2cc(Cl)ccc2o1)N1C(=O)c2ccccc2C1=O. The van der Waals surface area contributed by atoms with Gasteiger partial charge in [-0.3, -0.25) is 19.3 Å². The summed E-state index contributed by atoms with van der Waals surface area (Å²) < 4.78 is 5.89. The Hall–Kier alpha value is -3.97. The highest BCUT2D eigenvalue weighted by molar-refractivity contribution is 6.31. The van der Waals surface area contributed by atoms with Crippen molar-refractivity contribution < 1.29 is 18.8 Å². The van der Waals surface area contributed by atoms with Gasteiger partial charge in [0.1, 0.15) is 11.6 Å². The van der Waals surface area contributed by atoms with E-state index in [-0.39, 0.29) is 5.92 Å². The smallest absolute Gasteiger partial charge is 0.262 e. The molecular weight excluding hydrogens is 466 g/mol. The van der Waals surface area contributed by atoms with E-state index < -0.39 is 23.8 Å². The van der Waals surface area contributed by atoms with Gasteiger partial charge in [0.05, 0.1) is 22.4 Å². The first-order valence-electron chi connectivity index (χ1n) is 11.3. The largest absolute Gasteiger partial charge is 0.436 e. The summed E-state index contributed by atoms with van der Waals surface area (Å²) in [5.74, 6) is -1.00. The maximum atomic E-state index is 13.6. The summed E-state index contributed by atoms with van der Waals surface area (Å²) in [6.45, 7) is 3.88. The molecule has 0 fully saturated rings. The second-order valence-corrected chi connectivity index (χ2v) is 9.27. The monoisotopic (exact) mass is 487 g/mol. The number of benzene rings is 3. The van der Waals surface area contributed by atoms with E-state index in [1.165, 1.54) is 0 Å². The topological polar surface area (TPSA) is 92.5 Å². The van der Waals surface area contributed by atoms with Crippen LogP contribution in [0.3, 0.4) is 0 Å². The van der Waals surface area contributed by atoms with Crippen LogP contribution in [0.5, 0.6) is 0 Å². The van der Waals surface area contributed by atoms with E-state index in [1.54, 1.807) is 60.7 Å². The third-order valence-electron chi connectivity index (χ3n) is 5.90. The van der Waals surface area contributed by atoms with Crippen LogP contribution in [-0.4, -0.2) is 33.6 Å². The molecule has 3 aromatic carbocycles. The molecule has 0 radical (unpaired) electrons. The predicted octanol–water partition coefficient (Wildman–Crippen LogP) is 5.80. The van der Waals surface area contributed by atoms with Crippen molar-refractivity contribution in [2.75, 3.05) is 5.32 Å². The van der Waals surface area contributed by atoms with Gasteiger partial charge in [-0.2, -0.15) is 0 Å². The number of nitrogens with one attached hydrogen (secondary N) is 1. The summed E-state index contributed by atoms with van der Waals surface area (Å²) >= 11 is 6.07. The molecule has 1 aliphatic heterocycles. The number of nitrogens with zero attached hydrogens (tertiary/aromatic N) is 2. The maximum Gasteiger partial charge on any atom is 0.262 e. The number of fused-ring (bicyclic) bond motifs is 2. The number of rotatable bonds is 6. The molecule has 7 nitrogen and oxygen atoms in total. The van der Waals surface area contributed by atoms with E-state index in [0.717, 1.165) is 4.90 Å². The van der Waals surface area contributed by atoms with Crippen molar-refractivity contribution in [3.8, 4) is 11.5 Å². The van der Waals surface area contributed by atoms with Gasteiger partial charge in [0.2, 0.25) is 11.8 Å². The van der Waals surface area contributed by atoms with Crippen LogP contribution in [0, 0.1) is 5.92 Å². The van der Waals surface area contributed by atoms with Crippen molar-refractivity contribution in [1.29, 1.82) is 0 Å². The third kappa shape index (κ3) is 4.19. The summed E-state index contributed by atoms with van der Waals surface area (Å²) in [4.78, 5) is 45.3. The second kappa shape index (κ2) is 9.00. The zero-order valence-corrected chi connectivity index (χ0v) is 19.9. The number of hydrogen-bond donors (Lipinski definition) is 1. The van der Waals surface area contributed by atoms with Crippen molar-refractivity contribution in [2.24, 2.45) is 5.92 Å². The van der Waals surface area contributed by atoms with Gasteiger partial charge < -0.3 is 9.73 Å². The molecule has 1 atom stereocenters. The number of carbonyl (C=O) groups is 3. The Morgan fingerprint density at radius 1 is 0.971 bits per heavy atom. The highest BCUT2D eigenvalue weighted by Crippen LogP contribution is 2.32. The van der Waals surface area contributed by atoms with Crippen molar-refractivity contribution in [2.45, 2.75) is 26.3 Å². The van der Waals surface area contributed by atoms with E-state index in [4.69, 9.17) is 16.0 Å². The van der Waals surface area contributed by atoms with E-state index in [1.807, 2.05) is 19.9 Å². The van der Waals surface area contributed by atoms with E-state index in [2.05, 4.69) is 10.3 Å². The van der Waals surface area contributed by atoms with Crippen LogP contribution in [-0.2, 0) is 4.79 Å². The fourth-order valence-corrected chi connectivity index (χ4v) is 4.44. The number of carbonyl (C=O) groups excluding carboxylic acids is 3. The Bertz CT molecular complexity index is 1440. The van der Waals surface area contributed by atoms with Crippen LogP contribution < -0.4 is 5.32 Å². The van der Waals surface area contributed by atoms with E-state index >= 15 is 0 Å². The summed E-state index contributed by atoms with van der Waals surface area (Å²) in [7, 11) is 0. The molecular formula is C27H22ClN3O4. The van der Waals surface area contributed by atoms with Gasteiger partial charge >= 0.3 is 0 Å². The van der Waals surface area contributed by atoms with Crippen LogP contribution in [0.1, 0.15) is 41.0 Å². The Labute approximate surface area is 206 Å². The number of aromatic nitrogens is 1. The Morgan fingerprint density at radius 2 is 1.60 bits per heavy atom. The van der Waals surface area contributed by atoms with Gasteiger partial charge in [0, 0.05) is 5.02 Å². The van der Waals surface area contributed by atoms with Crippen molar-refractivity contribution in [3.63, 3.8) is 0 Å². The quantitative estimate of drug-likeness (QED) is 0.347. The number of oxazole rings is 1. The molecule has 1 unspecified atom stereocenters. The fraction of sp³-hybridized carbons (Fsp3) is 0.185. The molecule has 5 rings (SSSR count). The number of halogens is 1. The molecule has 176 valence electrons. The van der Waals surface area contributed by atoms with Crippen LogP contribution in [0.25, 0.3) is 22.6 Å². The maximum absolute atomic E-state index is 13.6. The number of para-hydroxylation sites is 1. The average Bonchev–Trinajstić information content (AvgIpc) is 3.36. The highest BCUT2D eigenvalue weighted by atomic mass is 35.5. The lowest BCUT2D eigenvalue weighted by atomic mass is 10.0. The molecule has 2 heterocycles. The summed E-state index contributed by atoms with van der Waals surface area (Å²) in [5, 5.41) is 3.44.